The molecule has 16 heavy (non-hydrogen) atoms. The molecule has 0 heterocycles. The van der Waals surface area contributed by atoms with Crippen LogP contribution in [-0.2, 0) is 9.84 Å². The molecule has 90 valence electrons. The highest BCUT2D eigenvalue weighted by atomic mass is 32.2. The second-order valence-corrected chi connectivity index (χ2v) is 6.29. The lowest BCUT2D eigenvalue weighted by molar-refractivity contribution is 0.414. The van der Waals surface area contributed by atoms with E-state index in [1.807, 2.05) is 13.8 Å². The molecule has 0 saturated carbocycles. The number of hydrogen-bond donors (Lipinski definition) is 0. The number of rotatable bonds is 5. The van der Waals surface area contributed by atoms with Crippen molar-refractivity contribution in [2.24, 2.45) is 5.92 Å². The van der Waals surface area contributed by atoms with Crippen molar-refractivity contribution < 1.29 is 13.2 Å². The molecule has 1 aromatic carbocycles. The van der Waals surface area contributed by atoms with Gasteiger partial charge in [-0.15, -0.1) is 0 Å². The van der Waals surface area contributed by atoms with E-state index in [9.17, 15) is 8.42 Å². The molecule has 0 radical (unpaired) electrons. The Kier molecular flexibility index (Phi) is 4.35. The first-order valence-corrected chi connectivity index (χ1v) is 6.98. The molecule has 0 spiro atoms. The number of benzene rings is 1. The van der Waals surface area contributed by atoms with Crippen LogP contribution >= 0.6 is 0 Å². The van der Waals surface area contributed by atoms with Gasteiger partial charge in [0, 0.05) is 0 Å². The summed E-state index contributed by atoms with van der Waals surface area (Å²) in [6.45, 7) is 4.03. The SMILES string of the molecule is COc1ccc(S(=O)(=O)CCC(C)C)cc1. The number of hydrogen-bond acceptors (Lipinski definition) is 3. The van der Waals surface area contributed by atoms with Gasteiger partial charge < -0.3 is 4.74 Å². The zero-order valence-electron chi connectivity index (χ0n) is 9.93. The maximum absolute atomic E-state index is 11.9. The smallest absolute Gasteiger partial charge is 0.178 e. The van der Waals surface area contributed by atoms with E-state index in [1.165, 1.54) is 0 Å². The first-order valence-electron chi connectivity index (χ1n) is 5.32. The van der Waals surface area contributed by atoms with E-state index in [-0.39, 0.29) is 5.75 Å². The summed E-state index contributed by atoms with van der Waals surface area (Å²) >= 11 is 0. The van der Waals surface area contributed by atoms with Gasteiger partial charge >= 0.3 is 0 Å². The van der Waals surface area contributed by atoms with Gasteiger partial charge in [0.15, 0.2) is 9.84 Å². The van der Waals surface area contributed by atoms with E-state index in [0.717, 1.165) is 0 Å². The van der Waals surface area contributed by atoms with Crippen LogP contribution in [0.2, 0.25) is 0 Å². The van der Waals surface area contributed by atoms with Gasteiger partial charge in [-0.2, -0.15) is 0 Å². The average molecular weight is 242 g/mol. The van der Waals surface area contributed by atoms with E-state index in [4.69, 9.17) is 4.74 Å². The molecule has 1 rings (SSSR count). The van der Waals surface area contributed by atoms with Gasteiger partial charge in [0.2, 0.25) is 0 Å². The van der Waals surface area contributed by atoms with Crippen molar-refractivity contribution in [3.63, 3.8) is 0 Å². The van der Waals surface area contributed by atoms with Gasteiger partial charge in [0.25, 0.3) is 0 Å². The molecule has 0 amide bonds. The maximum Gasteiger partial charge on any atom is 0.178 e. The minimum Gasteiger partial charge on any atom is -0.497 e. The predicted octanol–water partition coefficient (Wildman–Crippen LogP) is 2.52. The number of methoxy groups -OCH3 is 1. The lowest BCUT2D eigenvalue weighted by Gasteiger charge is -2.07. The van der Waals surface area contributed by atoms with Crippen molar-refractivity contribution in [2.45, 2.75) is 25.2 Å². The van der Waals surface area contributed by atoms with Crippen molar-refractivity contribution in [3.05, 3.63) is 24.3 Å². The topological polar surface area (TPSA) is 43.4 Å². The molecule has 0 bridgehead atoms. The standard InChI is InChI=1S/C12H18O3S/c1-10(2)8-9-16(13,14)12-6-4-11(15-3)5-7-12/h4-7,10H,8-9H2,1-3H3. The van der Waals surface area contributed by atoms with Gasteiger partial charge in [-0.25, -0.2) is 8.42 Å². The van der Waals surface area contributed by atoms with Gasteiger partial charge in [-0.05, 0) is 36.6 Å². The van der Waals surface area contributed by atoms with Gasteiger partial charge in [-0.3, -0.25) is 0 Å². The summed E-state index contributed by atoms with van der Waals surface area (Å²) in [4.78, 5) is 0.369. The van der Waals surface area contributed by atoms with Crippen molar-refractivity contribution in [1.82, 2.24) is 0 Å². The van der Waals surface area contributed by atoms with Crippen molar-refractivity contribution >= 4 is 9.84 Å². The summed E-state index contributed by atoms with van der Waals surface area (Å²) in [7, 11) is -1.58. The third-order valence-corrected chi connectivity index (χ3v) is 4.15. The fourth-order valence-corrected chi connectivity index (χ4v) is 2.86. The van der Waals surface area contributed by atoms with E-state index in [2.05, 4.69) is 0 Å². The van der Waals surface area contributed by atoms with Crippen LogP contribution in [-0.4, -0.2) is 21.3 Å². The van der Waals surface area contributed by atoms with E-state index < -0.39 is 9.84 Å². The molecule has 0 atom stereocenters. The summed E-state index contributed by atoms with van der Waals surface area (Å²) in [5.41, 5.74) is 0. The molecule has 0 aliphatic rings. The number of sulfone groups is 1. The fourth-order valence-electron chi connectivity index (χ4n) is 1.29. The Morgan fingerprint density at radius 1 is 1.19 bits per heavy atom. The average Bonchev–Trinajstić information content (AvgIpc) is 2.27. The zero-order chi connectivity index (χ0) is 12.2. The number of ether oxygens (including phenoxy) is 1. The molecule has 1 aromatic rings. The Balaban J connectivity index is 2.82. The minimum atomic E-state index is -3.14. The van der Waals surface area contributed by atoms with Crippen LogP contribution in [0.25, 0.3) is 0 Å². The first kappa shape index (κ1) is 13.0. The summed E-state index contributed by atoms with van der Waals surface area (Å²) in [5, 5.41) is 0. The second kappa shape index (κ2) is 5.34. The monoisotopic (exact) mass is 242 g/mol. The molecular weight excluding hydrogens is 224 g/mol. The summed E-state index contributed by atoms with van der Waals surface area (Å²) in [6.07, 6.45) is 0.689. The Morgan fingerprint density at radius 3 is 2.19 bits per heavy atom. The van der Waals surface area contributed by atoms with Crippen LogP contribution in [0.3, 0.4) is 0 Å². The fraction of sp³-hybridized carbons (Fsp3) is 0.500. The van der Waals surface area contributed by atoms with Crippen LogP contribution in [0, 0.1) is 5.92 Å². The largest absolute Gasteiger partial charge is 0.497 e. The van der Waals surface area contributed by atoms with Gasteiger partial charge in [0.1, 0.15) is 5.75 Å². The van der Waals surface area contributed by atoms with Crippen molar-refractivity contribution in [3.8, 4) is 5.75 Å². The Labute approximate surface area is 97.4 Å². The molecule has 3 nitrogen and oxygen atoms in total. The van der Waals surface area contributed by atoms with Crippen molar-refractivity contribution in [1.29, 1.82) is 0 Å². The lowest BCUT2D eigenvalue weighted by atomic mass is 10.2. The zero-order valence-corrected chi connectivity index (χ0v) is 10.8. The highest BCUT2D eigenvalue weighted by Gasteiger charge is 2.14. The molecule has 0 N–H and O–H groups in total. The third kappa shape index (κ3) is 3.52. The van der Waals surface area contributed by atoms with Gasteiger partial charge in [0.05, 0.1) is 17.8 Å². The van der Waals surface area contributed by atoms with Crippen LogP contribution in [0.15, 0.2) is 29.2 Å². The highest BCUT2D eigenvalue weighted by molar-refractivity contribution is 7.91. The molecule has 4 heteroatoms. The van der Waals surface area contributed by atoms with E-state index in [0.29, 0.717) is 23.0 Å². The van der Waals surface area contributed by atoms with Crippen LogP contribution in [0.5, 0.6) is 5.75 Å². The first-order chi connectivity index (χ1) is 7.45. The third-order valence-electron chi connectivity index (χ3n) is 2.38. The molecule has 0 aromatic heterocycles. The predicted molar refractivity (Wildman–Crippen MR) is 64.5 cm³/mol. The van der Waals surface area contributed by atoms with Crippen LogP contribution < -0.4 is 4.74 Å². The Morgan fingerprint density at radius 2 is 1.75 bits per heavy atom. The van der Waals surface area contributed by atoms with E-state index in [1.54, 1.807) is 31.4 Å². The maximum atomic E-state index is 11.9. The Hall–Kier alpha value is -1.03. The van der Waals surface area contributed by atoms with Crippen molar-refractivity contribution in [2.75, 3.05) is 12.9 Å². The van der Waals surface area contributed by atoms with Crippen LogP contribution in [0.1, 0.15) is 20.3 Å². The Bertz CT molecular complexity index is 418. The molecule has 0 aliphatic carbocycles. The molecule has 0 fully saturated rings. The summed E-state index contributed by atoms with van der Waals surface area (Å²) in [6, 6.07) is 6.52. The van der Waals surface area contributed by atoms with Gasteiger partial charge in [-0.1, -0.05) is 13.8 Å². The molecule has 0 aliphatic heterocycles. The lowest BCUT2D eigenvalue weighted by Crippen LogP contribution is -2.08. The molecule has 0 saturated heterocycles. The minimum absolute atomic E-state index is 0.205. The quantitative estimate of drug-likeness (QED) is 0.797. The van der Waals surface area contributed by atoms with Crippen LogP contribution in [0.4, 0.5) is 0 Å². The van der Waals surface area contributed by atoms with E-state index >= 15 is 0 Å². The molecular formula is C12H18O3S. The normalized spacial score (nSPS) is 11.8. The summed E-state index contributed by atoms with van der Waals surface area (Å²) in [5.74, 6) is 1.27. The summed E-state index contributed by atoms with van der Waals surface area (Å²) < 4.78 is 28.8. The molecule has 0 unspecified atom stereocenters. The highest BCUT2D eigenvalue weighted by Crippen LogP contribution is 2.18. The second-order valence-electron chi connectivity index (χ2n) is 4.18.